The number of phenols is 3. The average molecular weight is 222 g/mol. The van der Waals surface area contributed by atoms with Gasteiger partial charge in [0.25, 0.3) is 0 Å². The second kappa shape index (κ2) is 4.70. The number of carbonyl (C=O) groups excluding carboxylic acids is 1. The predicted octanol–water partition coefficient (Wildman–Crippen LogP) is 2.12. The van der Waals surface area contributed by atoms with Crippen LogP contribution in [0, 0.1) is 0 Å². The molecule has 0 atom stereocenters. The minimum atomic E-state index is -0.646. The van der Waals surface area contributed by atoms with Crippen LogP contribution >= 0.6 is 0 Å². The van der Waals surface area contributed by atoms with E-state index >= 15 is 0 Å². The normalized spacial score (nSPS) is 10.9. The molecule has 16 heavy (non-hydrogen) atoms. The molecule has 4 nitrogen and oxygen atoms in total. The van der Waals surface area contributed by atoms with Gasteiger partial charge >= 0.3 is 0 Å². The molecule has 1 aromatic carbocycles. The number of benzene rings is 1. The van der Waals surface area contributed by atoms with Crippen molar-refractivity contribution in [2.45, 2.75) is 20.3 Å². The molecule has 0 saturated heterocycles. The van der Waals surface area contributed by atoms with Gasteiger partial charge in [0.15, 0.2) is 17.3 Å². The van der Waals surface area contributed by atoms with Crippen LogP contribution < -0.4 is 0 Å². The standard InChI is InChI=1S/C12H14O4/c1-3-4-5-8-6-9(7(2)13)11(15)12(16)10(8)14/h3-4,6,14-16H,5H2,1-2H3/b4-3+. The molecule has 1 rings (SSSR count). The van der Waals surface area contributed by atoms with Crippen LogP contribution in [-0.2, 0) is 6.42 Å². The highest BCUT2D eigenvalue weighted by molar-refractivity contribution is 5.98. The first-order valence-corrected chi connectivity index (χ1v) is 4.87. The summed E-state index contributed by atoms with van der Waals surface area (Å²) in [4.78, 5) is 11.2. The highest BCUT2D eigenvalue weighted by atomic mass is 16.3. The Labute approximate surface area is 93.5 Å². The van der Waals surface area contributed by atoms with Crippen LogP contribution in [0.2, 0.25) is 0 Å². The van der Waals surface area contributed by atoms with Gasteiger partial charge < -0.3 is 15.3 Å². The minimum absolute atomic E-state index is 0.00908. The Morgan fingerprint density at radius 2 is 1.88 bits per heavy atom. The number of hydrogen-bond acceptors (Lipinski definition) is 4. The van der Waals surface area contributed by atoms with Crippen molar-refractivity contribution in [2.75, 3.05) is 0 Å². The number of hydrogen-bond donors (Lipinski definition) is 3. The fraction of sp³-hybridized carbons (Fsp3) is 0.250. The Hall–Kier alpha value is -1.97. The van der Waals surface area contributed by atoms with Crippen molar-refractivity contribution in [1.82, 2.24) is 0 Å². The van der Waals surface area contributed by atoms with Gasteiger partial charge in [-0.15, -0.1) is 0 Å². The van der Waals surface area contributed by atoms with Crippen LogP contribution in [0.15, 0.2) is 18.2 Å². The van der Waals surface area contributed by atoms with Gasteiger partial charge in [-0.1, -0.05) is 12.2 Å². The first-order valence-electron chi connectivity index (χ1n) is 4.87. The molecule has 0 radical (unpaired) electrons. The number of aromatic hydroxyl groups is 3. The van der Waals surface area contributed by atoms with Gasteiger partial charge in [-0.25, -0.2) is 0 Å². The summed E-state index contributed by atoms with van der Waals surface area (Å²) in [5.74, 6) is -1.98. The Morgan fingerprint density at radius 1 is 1.25 bits per heavy atom. The van der Waals surface area contributed by atoms with Gasteiger partial charge in [0.2, 0.25) is 5.75 Å². The van der Waals surface area contributed by atoms with E-state index in [0.717, 1.165) is 0 Å². The van der Waals surface area contributed by atoms with Crippen molar-refractivity contribution in [3.63, 3.8) is 0 Å². The number of ketones is 1. The number of rotatable bonds is 3. The maximum atomic E-state index is 11.2. The molecule has 0 aliphatic rings. The molecule has 0 fully saturated rings. The third-order valence-corrected chi connectivity index (χ3v) is 2.28. The Morgan fingerprint density at radius 3 is 2.38 bits per heavy atom. The van der Waals surface area contributed by atoms with E-state index in [9.17, 15) is 20.1 Å². The topological polar surface area (TPSA) is 77.8 Å². The molecule has 0 amide bonds. The van der Waals surface area contributed by atoms with Gasteiger partial charge in [0.05, 0.1) is 5.56 Å². The fourth-order valence-electron chi connectivity index (χ4n) is 1.37. The zero-order valence-electron chi connectivity index (χ0n) is 9.19. The van der Waals surface area contributed by atoms with E-state index < -0.39 is 11.5 Å². The molecule has 3 N–H and O–H groups in total. The van der Waals surface area contributed by atoms with Gasteiger partial charge in [-0.3, -0.25) is 4.79 Å². The molecular formula is C12H14O4. The number of Topliss-reactive ketones (excluding diaryl/α,β-unsaturated/α-hetero) is 1. The van der Waals surface area contributed by atoms with Crippen molar-refractivity contribution in [3.05, 3.63) is 29.3 Å². The second-order valence-electron chi connectivity index (χ2n) is 3.46. The summed E-state index contributed by atoms with van der Waals surface area (Å²) in [7, 11) is 0. The van der Waals surface area contributed by atoms with E-state index in [-0.39, 0.29) is 17.1 Å². The van der Waals surface area contributed by atoms with Crippen molar-refractivity contribution in [1.29, 1.82) is 0 Å². The predicted molar refractivity (Wildman–Crippen MR) is 60.0 cm³/mol. The fourth-order valence-corrected chi connectivity index (χ4v) is 1.37. The van der Waals surface area contributed by atoms with E-state index in [1.54, 1.807) is 12.2 Å². The Balaban J connectivity index is 3.35. The lowest BCUT2D eigenvalue weighted by atomic mass is 10.0. The van der Waals surface area contributed by atoms with Crippen LogP contribution in [0.3, 0.4) is 0 Å². The molecule has 1 aromatic rings. The second-order valence-corrected chi connectivity index (χ2v) is 3.46. The van der Waals surface area contributed by atoms with E-state index in [4.69, 9.17) is 0 Å². The summed E-state index contributed by atoms with van der Waals surface area (Å²) in [5.41, 5.74) is 0.411. The summed E-state index contributed by atoms with van der Waals surface area (Å²) in [5, 5.41) is 28.4. The van der Waals surface area contributed by atoms with Crippen LogP contribution in [-0.4, -0.2) is 21.1 Å². The summed E-state index contributed by atoms with van der Waals surface area (Å²) in [6.07, 6.45) is 3.95. The quantitative estimate of drug-likeness (QED) is 0.416. The molecule has 0 unspecified atom stereocenters. The first kappa shape index (κ1) is 12.1. The van der Waals surface area contributed by atoms with E-state index in [2.05, 4.69) is 0 Å². The molecule has 0 saturated carbocycles. The number of allylic oxidation sites excluding steroid dienone is 2. The zero-order valence-corrected chi connectivity index (χ0v) is 9.19. The van der Waals surface area contributed by atoms with Crippen molar-refractivity contribution < 1.29 is 20.1 Å². The molecule has 0 aliphatic carbocycles. The third kappa shape index (κ3) is 2.16. The van der Waals surface area contributed by atoms with Gasteiger partial charge in [-0.05, 0) is 26.3 Å². The van der Waals surface area contributed by atoms with Crippen molar-refractivity contribution in [3.8, 4) is 17.2 Å². The molecule has 0 aromatic heterocycles. The van der Waals surface area contributed by atoms with Gasteiger partial charge in [-0.2, -0.15) is 0 Å². The molecule has 86 valence electrons. The summed E-state index contributed by atoms with van der Waals surface area (Å²) in [6.45, 7) is 3.11. The number of carbonyl (C=O) groups is 1. The molecular weight excluding hydrogens is 208 g/mol. The minimum Gasteiger partial charge on any atom is -0.504 e. The Kier molecular flexibility index (Phi) is 3.55. The number of phenolic OH excluding ortho intramolecular Hbond substituents is 3. The van der Waals surface area contributed by atoms with Crippen molar-refractivity contribution in [2.24, 2.45) is 0 Å². The molecule has 4 heteroatoms. The summed E-state index contributed by atoms with van der Waals surface area (Å²) >= 11 is 0. The van der Waals surface area contributed by atoms with Crippen LogP contribution in [0.5, 0.6) is 17.2 Å². The Bertz CT molecular complexity index is 447. The lowest BCUT2D eigenvalue weighted by Crippen LogP contribution is -1.96. The van der Waals surface area contributed by atoms with Gasteiger partial charge in [0, 0.05) is 5.56 Å². The van der Waals surface area contributed by atoms with E-state index in [0.29, 0.717) is 12.0 Å². The molecule has 0 aliphatic heterocycles. The lowest BCUT2D eigenvalue weighted by Gasteiger charge is -2.09. The molecule has 0 bridgehead atoms. The summed E-state index contributed by atoms with van der Waals surface area (Å²) < 4.78 is 0. The van der Waals surface area contributed by atoms with E-state index in [1.165, 1.54) is 13.0 Å². The van der Waals surface area contributed by atoms with Crippen LogP contribution in [0.1, 0.15) is 29.8 Å². The SMILES string of the molecule is C/C=C/Cc1cc(C(C)=O)c(O)c(O)c1O. The van der Waals surface area contributed by atoms with E-state index in [1.807, 2.05) is 6.92 Å². The largest absolute Gasteiger partial charge is 0.504 e. The smallest absolute Gasteiger partial charge is 0.201 e. The van der Waals surface area contributed by atoms with Crippen molar-refractivity contribution >= 4 is 5.78 Å². The highest BCUT2D eigenvalue weighted by Crippen LogP contribution is 2.40. The van der Waals surface area contributed by atoms with Crippen LogP contribution in [0.25, 0.3) is 0 Å². The zero-order chi connectivity index (χ0) is 12.3. The third-order valence-electron chi connectivity index (χ3n) is 2.28. The maximum Gasteiger partial charge on any atom is 0.201 e. The maximum absolute atomic E-state index is 11.2. The first-order chi connectivity index (χ1) is 7.49. The highest BCUT2D eigenvalue weighted by Gasteiger charge is 2.18. The molecule has 0 spiro atoms. The van der Waals surface area contributed by atoms with Crippen LogP contribution in [0.4, 0.5) is 0 Å². The average Bonchev–Trinajstić information content (AvgIpc) is 2.24. The van der Waals surface area contributed by atoms with Gasteiger partial charge in [0.1, 0.15) is 0 Å². The molecule has 0 heterocycles. The monoisotopic (exact) mass is 222 g/mol. The summed E-state index contributed by atoms with van der Waals surface area (Å²) in [6, 6.07) is 1.38. The lowest BCUT2D eigenvalue weighted by molar-refractivity contribution is 0.101.